The Morgan fingerprint density at radius 2 is 2.17 bits per heavy atom. The van der Waals surface area contributed by atoms with Crippen LogP contribution in [-0.2, 0) is 6.54 Å². The van der Waals surface area contributed by atoms with Crippen molar-refractivity contribution < 1.29 is 9.90 Å². The molecular formula is C20H14ClN5O2S. The van der Waals surface area contributed by atoms with Crippen LogP contribution in [0.3, 0.4) is 0 Å². The number of hydrogen-bond donors (Lipinski definition) is 1. The van der Waals surface area contributed by atoms with E-state index in [0.717, 1.165) is 16.6 Å². The van der Waals surface area contributed by atoms with E-state index in [4.69, 9.17) is 11.6 Å². The van der Waals surface area contributed by atoms with Crippen molar-refractivity contribution in [1.29, 1.82) is 5.26 Å². The molecule has 0 aliphatic rings. The summed E-state index contributed by atoms with van der Waals surface area (Å²) in [5.41, 5.74) is 1.87. The van der Waals surface area contributed by atoms with Crippen LogP contribution in [0.4, 0.5) is 0 Å². The van der Waals surface area contributed by atoms with Gasteiger partial charge in [0.05, 0.1) is 22.3 Å². The smallest absolute Gasteiger partial charge is 0.354 e. The van der Waals surface area contributed by atoms with Crippen LogP contribution in [0.1, 0.15) is 23.1 Å². The molecule has 4 aromatic rings. The van der Waals surface area contributed by atoms with Crippen LogP contribution in [0.15, 0.2) is 58.7 Å². The van der Waals surface area contributed by atoms with E-state index in [-0.39, 0.29) is 5.69 Å². The molecule has 0 saturated heterocycles. The van der Waals surface area contributed by atoms with E-state index in [1.54, 1.807) is 35.1 Å². The summed E-state index contributed by atoms with van der Waals surface area (Å²) in [4.78, 5) is 16.1. The predicted octanol–water partition coefficient (Wildman–Crippen LogP) is 4.62. The lowest BCUT2D eigenvalue weighted by Gasteiger charge is -2.04. The van der Waals surface area contributed by atoms with E-state index in [2.05, 4.69) is 16.2 Å². The number of carboxylic acid groups (broad SMARTS) is 1. The summed E-state index contributed by atoms with van der Waals surface area (Å²) in [6.45, 7) is 2.68. The number of hydrogen-bond acceptors (Lipinski definition) is 5. The number of aromatic nitrogens is 4. The first-order valence-electron chi connectivity index (χ1n) is 8.67. The van der Waals surface area contributed by atoms with E-state index in [9.17, 15) is 15.2 Å². The molecule has 0 amide bonds. The average molecular weight is 424 g/mol. The first kappa shape index (κ1) is 19.1. The number of aromatic carboxylic acids is 1. The van der Waals surface area contributed by atoms with Crippen molar-refractivity contribution in [1.82, 2.24) is 19.3 Å². The fourth-order valence-electron chi connectivity index (χ4n) is 3.04. The SMILES string of the molecule is CCn1cc(-n2c(C#N)c(Sc3cccc(C(=O)O)n3)c3ccc(Cl)cc32)cn1. The Morgan fingerprint density at radius 1 is 1.34 bits per heavy atom. The summed E-state index contributed by atoms with van der Waals surface area (Å²) < 4.78 is 3.58. The van der Waals surface area contributed by atoms with Gasteiger partial charge in [-0.3, -0.25) is 9.25 Å². The minimum absolute atomic E-state index is 0.0514. The van der Waals surface area contributed by atoms with Crippen LogP contribution in [0.2, 0.25) is 5.02 Å². The maximum atomic E-state index is 11.2. The number of fused-ring (bicyclic) bond motifs is 1. The Balaban J connectivity index is 1.94. The zero-order chi connectivity index (χ0) is 20.5. The molecule has 0 fully saturated rings. The van der Waals surface area contributed by atoms with Gasteiger partial charge in [0.2, 0.25) is 0 Å². The van der Waals surface area contributed by atoms with E-state index in [1.807, 2.05) is 23.8 Å². The van der Waals surface area contributed by atoms with Gasteiger partial charge in [0.25, 0.3) is 0 Å². The molecule has 4 rings (SSSR count). The molecule has 3 aromatic heterocycles. The van der Waals surface area contributed by atoms with Crippen molar-refractivity contribution in [2.45, 2.75) is 23.4 Å². The molecule has 0 radical (unpaired) electrons. The number of pyridine rings is 1. The Labute approximate surface area is 175 Å². The zero-order valence-electron chi connectivity index (χ0n) is 15.2. The first-order valence-corrected chi connectivity index (χ1v) is 9.86. The minimum Gasteiger partial charge on any atom is -0.477 e. The number of benzene rings is 1. The fourth-order valence-corrected chi connectivity index (χ4v) is 4.22. The summed E-state index contributed by atoms with van der Waals surface area (Å²) in [5.74, 6) is -1.10. The molecule has 29 heavy (non-hydrogen) atoms. The van der Waals surface area contributed by atoms with Crippen molar-refractivity contribution in [3.05, 3.63) is 65.2 Å². The highest BCUT2D eigenvalue weighted by molar-refractivity contribution is 7.99. The number of carboxylic acids is 1. The molecule has 7 nitrogen and oxygen atoms in total. The lowest BCUT2D eigenvalue weighted by Crippen LogP contribution is -2.00. The highest BCUT2D eigenvalue weighted by Gasteiger charge is 2.21. The largest absolute Gasteiger partial charge is 0.477 e. The van der Waals surface area contributed by atoms with Gasteiger partial charge in [-0.1, -0.05) is 35.5 Å². The molecule has 1 aromatic carbocycles. The normalized spacial score (nSPS) is 10.9. The molecule has 0 spiro atoms. The van der Waals surface area contributed by atoms with Gasteiger partial charge in [0.1, 0.15) is 22.5 Å². The molecule has 144 valence electrons. The third kappa shape index (κ3) is 3.46. The van der Waals surface area contributed by atoms with Gasteiger partial charge in [0, 0.05) is 23.2 Å². The molecule has 0 bridgehead atoms. The van der Waals surface area contributed by atoms with Crippen LogP contribution in [-0.4, -0.2) is 30.4 Å². The molecule has 0 saturated carbocycles. The maximum Gasteiger partial charge on any atom is 0.354 e. The summed E-state index contributed by atoms with van der Waals surface area (Å²) in [6.07, 6.45) is 3.56. The minimum atomic E-state index is -1.10. The van der Waals surface area contributed by atoms with Crippen LogP contribution in [0.25, 0.3) is 16.6 Å². The molecule has 3 heterocycles. The summed E-state index contributed by atoms with van der Waals surface area (Å²) in [6, 6.07) is 12.5. The molecule has 1 N–H and O–H groups in total. The van der Waals surface area contributed by atoms with Gasteiger partial charge in [-0.15, -0.1) is 0 Å². The van der Waals surface area contributed by atoms with Gasteiger partial charge in [-0.05, 0) is 31.2 Å². The van der Waals surface area contributed by atoms with Gasteiger partial charge in [-0.25, -0.2) is 9.78 Å². The molecule has 0 atom stereocenters. The van der Waals surface area contributed by atoms with Gasteiger partial charge >= 0.3 is 5.97 Å². The number of carbonyl (C=O) groups is 1. The van der Waals surface area contributed by atoms with Crippen molar-refractivity contribution >= 4 is 40.2 Å². The topological polar surface area (TPSA) is 96.7 Å². The number of halogens is 1. The highest BCUT2D eigenvalue weighted by atomic mass is 35.5. The Morgan fingerprint density at radius 3 is 2.86 bits per heavy atom. The maximum absolute atomic E-state index is 11.2. The second kappa shape index (κ2) is 7.62. The quantitative estimate of drug-likeness (QED) is 0.503. The summed E-state index contributed by atoms with van der Waals surface area (Å²) >= 11 is 7.48. The van der Waals surface area contributed by atoms with Crippen molar-refractivity contribution in [3.8, 4) is 11.8 Å². The van der Waals surface area contributed by atoms with E-state index < -0.39 is 5.97 Å². The Hall–Kier alpha value is -3.28. The molecular weight excluding hydrogens is 410 g/mol. The van der Waals surface area contributed by atoms with Gasteiger partial charge < -0.3 is 5.11 Å². The Kier molecular flexibility index (Phi) is 5.01. The van der Waals surface area contributed by atoms with Crippen LogP contribution >= 0.6 is 23.4 Å². The van der Waals surface area contributed by atoms with Crippen molar-refractivity contribution in [2.75, 3.05) is 0 Å². The zero-order valence-corrected chi connectivity index (χ0v) is 16.8. The van der Waals surface area contributed by atoms with E-state index >= 15 is 0 Å². The third-order valence-electron chi connectivity index (χ3n) is 4.34. The van der Waals surface area contributed by atoms with Gasteiger partial charge in [-0.2, -0.15) is 10.4 Å². The number of aryl methyl sites for hydroxylation is 1. The standard InChI is InChI=1S/C20H14ClN5O2S/c1-2-25-11-13(10-23-25)26-16-8-12(21)6-7-14(16)19(17(26)9-22)29-18-5-3-4-15(24-18)20(27)28/h3-8,10-11H,2H2,1H3,(H,27,28). The highest BCUT2D eigenvalue weighted by Crippen LogP contribution is 2.40. The molecule has 9 heteroatoms. The number of nitriles is 1. The van der Waals surface area contributed by atoms with Crippen LogP contribution in [0, 0.1) is 11.3 Å². The predicted molar refractivity (Wildman–Crippen MR) is 110 cm³/mol. The first-order chi connectivity index (χ1) is 14.0. The second-order valence-electron chi connectivity index (χ2n) is 6.11. The summed E-state index contributed by atoms with van der Waals surface area (Å²) in [7, 11) is 0. The molecule has 0 aliphatic heterocycles. The molecule has 0 aliphatic carbocycles. The number of nitrogens with zero attached hydrogens (tertiary/aromatic N) is 5. The van der Waals surface area contributed by atoms with Gasteiger partial charge in [0.15, 0.2) is 0 Å². The number of rotatable bonds is 5. The lowest BCUT2D eigenvalue weighted by atomic mass is 10.2. The van der Waals surface area contributed by atoms with E-state index in [0.29, 0.717) is 27.2 Å². The van der Waals surface area contributed by atoms with Crippen molar-refractivity contribution in [3.63, 3.8) is 0 Å². The molecule has 0 unspecified atom stereocenters. The van der Waals surface area contributed by atoms with Crippen LogP contribution in [0.5, 0.6) is 0 Å². The second-order valence-corrected chi connectivity index (χ2v) is 7.58. The monoisotopic (exact) mass is 423 g/mol. The lowest BCUT2D eigenvalue weighted by molar-refractivity contribution is 0.0689. The third-order valence-corrected chi connectivity index (χ3v) is 5.63. The summed E-state index contributed by atoms with van der Waals surface area (Å²) in [5, 5.41) is 25.3. The van der Waals surface area contributed by atoms with Crippen LogP contribution < -0.4 is 0 Å². The fraction of sp³-hybridized carbons (Fsp3) is 0.100. The van der Waals surface area contributed by atoms with Crippen molar-refractivity contribution in [2.24, 2.45) is 0 Å². The average Bonchev–Trinajstić information content (AvgIpc) is 3.30. The van der Waals surface area contributed by atoms with E-state index in [1.165, 1.54) is 17.8 Å². The Bertz CT molecular complexity index is 1290.